The predicted molar refractivity (Wildman–Crippen MR) is 80.5 cm³/mol. The Morgan fingerprint density at radius 3 is 2.59 bits per heavy atom. The van der Waals surface area contributed by atoms with E-state index in [2.05, 4.69) is 6.58 Å². The van der Waals surface area contributed by atoms with Gasteiger partial charge in [0.1, 0.15) is 24.1 Å². The van der Waals surface area contributed by atoms with Crippen LogP contribution in [0.15, 0.2) is 36.9 Å². The zero-order valence-corrected chi connectivity index (χ0v) is 13.2. The van der Waals surface area contributed by atoms with Gasteiger partial charge in [0.15, 0.2) is 12.1 Å². The van der Waals surface area contributed by atoms with Crippen molar-refractivity contribution in [1.29, 1.82) is 0 Å². The standard InChI is InChI=1S/C17H22O5/c1-5-13-14(15-16(20-13)22-17(2,3)21-15)19-10-11-6-8-12(18-4)9-7-11/h5-9,13-16H,1,10H2,2-4H3/t13-,14-,15-,16+/m1/s1. The van der Waals surface area contributed by atoms with Gasteiger partial charge in [-0.05, 0) is 31.5 Å². The fourth-order valence-corrected chi connectivity index (χ4v) is 2.80. The summed E-state index contributed by atoms with van der Waals surface area (Å²) < 4.78 is 28.6. The molecule has 0 spiro atoms. The van der Waals surface area contributed by atoms with E-state index in [0.29, 0.717) is 6.61 Å². The van der Waals surface area contributed by atoms with Crippen LogP contribution in [0.2, 0.25) is 0 Å². The van der Waals surface area contributed by atoms with Crippen LogP contribution in [0.4, 0.5) is 0 Å². The Labute approximate surface area is 130 Å². The molecule has 0 radical (unpaired) electrons. The third-order valence-electron chi connectivity index (χ3n) is 3.86. The second kappa shape index (κ2) is 6.01. The van der Waals surface area contributed by atoms with Gasteiger partial charge in [-0.25, -0.2) is 0 Å². The first-order valence-corrected chi connectivity index (χ1v) is 7.40. The molecule has 4 atom stereocenters. The van der Waals surface area contributed by atoms with Gasteiger partial charge in [-0.1, -0.05) is 18.2 Å². The molecule has 2 fully saturated rings. The average molecular weight is 306 g/mol. The first-order chi connectivity index (χ1) is 10.5. The minimum absolute atomic E-state index is 0.230. The molecule has 0 unspecified atom stereocenters. The summed E-state index contributed by atoms with van der Waals surface area (Å²) in [7, 11) is 1.65. The van der Waals surface area contributed by atoms with Crippen molar-refractivity contribution in [3.05, 3.63) is 42.5 Å². The zero-order chi connectivity index (χ0) is 15.7. The number of benzene rings is 1. The van der Waals surface area contributed by atoms with Gasteiger partial charge in [0.05, 0.1) is 13.7 Å². The zero-order valence-electron chi connectivity index (χ0n) is 13.2. The lowest BCUT2D eigenvalue weighted by molar-refractivity contribution is -0.213. The monoisotopic (exact) mass is 306 g/mol. The molecule has 22 heavy (non-hydrogen) atoms. The summed E-state index contributed by atoms with van der Waals surface area (Å²) in [5.74, 6) is 0.176. The van der Waals surface area contributed by atoms with E-state index < -0.39 is 12.1 Å². The normalized spacial score (nSPS) is 32.7. The molecule has 2 heterocycles. The number of hydrogen-bond acceptors (Lipinski definition) is 5. The third kappa shape index (κ3) is 3.03. The summed E-state index contributed by atoms with van der Waals surface area (Å²) in [6, 6.07) is 7.78. The van der Waals surface area contributed by atoms with Crippen molar-refractivity contribution in [2.45, 2.75) is 50.8 Å². The Morgan fingerprint density at radius 2 is 1.95 bits per heavy atom. The lowest BCUT2D eigenvalue weighted by atomic mass is 10.1. The Balaban J connectivity index is 1.65. The summed E-state index contributed by atoms with van der Waals surface area (Å²) in [5.41, 5.74) is 1.06. The van der Waals surface area contributed by atoms with Gasteiger partial charge in [-0.2, -0.15) is 0 Å². The highest BCUT2D eigenvalue weighted by Crippen LogP contribution is 2.39. The van der Waals surface area contributed by atoms with Crippen LogP contribution in [0.3, 0.4) is 0 Å². The smallest absolute Gasteiger partial charge is 0.190 e. The van der Waals surface area contributed by atoms with E-state index in [9.17, 15) is 0 Å². The third-order valence-corrected chi connectivity index (χ3v) is 3.86. The number of rotatable bonds is 5. The molecule has 2 saturated heterocycles. The van der Waals surface area contributed by atoms with Crippen LogP contribution in [-0.4, -0.2) is 37.5 Å². The van der Waals surface area contributed by atoms with E-state index in [-0.39, 0.29) is 18.3 Å². The maximum atomic E-state index is 6.03. The van der Waals surface area contributed by atoms with Gasteiger partial charge in [-0.3, -0.25) is 0 Å². The first kappa shape index (κ1) is 15.5. The SMILES string of the molecule is C=C[C@H]1O[C@H]2OC(C)(C)O[C@@H]2[C@@H]1OCc1ccc(OC)cc1. The molecule has 2 aliphatic heterocycles. The van der Waals surface area contributed by atoms with Crippen molar-refractivity contribution < 1.29 is 23.7 Å². The molecular formula is C17H22O5. The van der Waals surface area contributed by atoms with Crippen LogP contribution in [-0.2, 0) is 25.6 Å². The molecule has 0 aromatic heterocycles. The number of fused-ring (bicyclic) bond motifs is 1. The highest BCUT2D eigenvalue weighted by Gasteiger charge is 2.54. The molecule has 1 aromatic rings. The maximum absolute atomic E-state index is 6.03. The molecule has 0 amide bonds. The molecule has 0 aliphatic carbocycles. The first-order valence-electron chi connectivity index (χ1n) is 7.40. The highest BCUT2D eigenvalue weighted by atomic mass is 16.8. The Morgan fingerprint density at radius 1 is 1.23 bits per heavy atom. The van der Waals surface area contributed by atoms with Crippen molar-refractivity contribution in [3.63, 3.8) is 0 Å². The summed E-state index contributed by atoms with van der Waals surface area (Å²) in [5, 5.41) is 0. The highest BCUT2D eigenvalue weighted by molar-refractivity contribution is 5.26. The molecule has 0 saturated carbocycles. The molecule has 5 nitrogen and oxygen atoms in total. The van der Waals surface area contributed by atoms with Crippen LogP contribution >= 0.6 is 0 Å². The van der Waals surface area contributed by atoms with E-state index in [0.717, 1.165) is 11.3 Å². The number of hydrogen-bond donors (Lipinski definition) is 0. The second-order valence-electron chi connectivity index (χ2n) is 5.93. The van der Waals surface area contributed by atoms with E-state index in [1.54, 1.807) is 13.2 Å². The quantitative estimate of drug-likeness (QED) is 0.783. The lowest BCUT2D eigenvalue weighted by Gasteiger charge is -2.24. The molecule has 120 valence electrons. The molecule has 3 rings (SSSR count). The largest absolute Gasteiger partial charge is 0.497 e. The molecule has 2 aliphatic rings. The summed E-state index contributed by atoms with van der Waals surface area (Å²) in [4.78, 5) is 0. The van der Waals surface area contributed by atoms with Gasteiger partial charge in [0.25, 0.3) is 0 Å². The van der Waals surface area contributed by atoms with E-state index in [1.807, 2.05) is 38.1 Å². The van der Waals surface area contributed by atoms with E-state index >= 15 is 0 Å². The molecular weight excluding hydrogens is 284 g/mol. The summed E-state index contributed by atoms with van der Waals surface area (Å²) in [6.07, 6.45) is 0.627. The Bertz CT molecular complexity index is 524. The number of methoxy groups -OCH3 is 1. The Hall–Kier alpha value is -1.40. The van der Waals surface area contributed by atoms with E-state index in [4.69, 9.17) is 23.7 Å². The van der Waals surface area contributed by atoms with Gasteiger partial charge in [0, 0.05) is 0 Å². The summed E-state index contributed by atoms with van der Waals surface area (Å²) >= 11 is 0. The van der Waals surface area contributed by atoms with Gasteiger partial charge < -0.3 is 23.7 Å². The second-order valence-corrected chi connectivity index (χ2v) is 5.93. The number of ether oxygens (including phenoxy) is 5. The van der Waals surface area contributed by atoms with Crippen LogP contribution in [0.25, 0.3) is 0 Å². The van der Waals surface area contributed by atoms with Crippen molar-refractivity contribution in [1.82, 2.24) is 0 Å². The maximum Gasteiger partial charge on any atom is 0.190 e. The topological polar surface area (TPSA) is 46.2 Å². The van der Waals surface area contributed by atoms with Crippen molar-refractivity contribution >= 4 is 0 Å². The van der Waals surface area contributed by atoms with Gasteiger partial charge in [0.2, 0.25) is 0 Å². The predicted octanol–water partition coefficient (Wildman–Crippen LogP) is 2.64. The molecule has 1 aromatic carbocycles. The van der Waals surface area contributed by atoms with Crippen molar-refractivity contribution in [2.24, 2.45) is 0 Å². The fraction of sp³-hybridized carbons (Fsp3) is 0.529. The lowest BCUT2D eigenvalue weighted by Crippen LogP contribution is -2.35. The molecule has 0 N–H and O–H groups in total. The van der Waals surface area contributed by atoms with Crippen molar-refractivity contribution in [3.8, 4) is 5.75 Å². The Kier molecular flexibility index (Phi) is 4.23. The minimum atomic E-state index is -0.650. The van der Waals surface area contributed by atoms with Crippen LogP contribution in [0, 0.1) is 0 Å². The van der Waals surface area contributed by atoms with Crippen LogP contribution in [0.5, 0.6) is 5.75 Å². The van der Waals surface area contributed by atoms with Crippen molar-refractivity contribution in [2.75, 3.05) is 7.11 Å². The average Bonchev–Trinajstić information content (AvgIpc) is 2.97. The fourth-order valence-electron chi connectivity index (χ4n) is 2.80. The van der Waals surface area contributed by atoms with E-state index in [1.165, 1.54) is 0 Å². The molecule has 5 heteroatoms. The summed E-state index contributed by atoms with van der Waals surface area (Å²) in [6.45, 7) is 8.02. The molecule has 0 bridgehead atoms. The minimum Gasteiger partial charge on any atom is -0.497 e. The van der Waals surface area contributed by atoms with Gasteiger partial charge >= 0.3 is 0 Å². The van der Waals surface area contributed by atoms with Gasteiger partial charge in [-0.15, -0.1) is 6.58 Å². The van der Waals surface area contributed by atoms with Crippen LogP contribution < -0.4 is 4.74 Å². The van der Waals surface area contributed by atoms with Crippen LogP contribution in [0.1, 0.15) is 19.4 Å².